The fraction of sp³-hybridized carbons (Fsp3) is 0.533. The van der Waals surface area contributed by atoms with E-state index in [9.17, 15) is 0 Å². The van der Waals surface area contributed by atoms with Gasteiger partial charge in [0.05, 0.1) is 11.0 Å². The third-order valence-corrected chi connectivity index (χ3v) is 3.77. The van der Waals surface area contributed by atoms with Gasteiger partial charge in [0.1, 0.15) is 5.82 Å². The van der Waals surface area contributed by atoms with Crippen LogP contribution in [0, 0.1) is 18.8 Å². The Balaban J connectivity index is 2.31. The van der Waals surface area contributed by atoms with Crippen molar-refractivity contribution in [3.8, 4) is 0 Å². The molecule has 2 atom stereocenters. The van der Waals surface area contributed by atoms with Crippen LogP contribution in [0.3, 0.4) is 0 Å². The summed E-state index contributed by atoms with van der Waals surface area (Å²) in [5.41, 5.74) is 9.69. The molecule has 0 saturated carbocycles. The summed E-state index contributed by atoms with van der Waals surface area (Å²) < 4.78 is 0. The number of hydrogen-bond donors (Lipinski definition) is 3. The maximum absolute atomic E-state index is 6.45. The molecule has 0 aliphatic rings. The first-order valence-corrected chi connectivity index (χ1v) is 6.89. The quantitative estimate of drug-likeness (QED) is 0.773. The van der Waals surface area contributed by atoms with Crippen LogP contribution in [0.5, 0.6) is 0 Å². The number of nitrogens with two attached hydrogens (primary N) is 1. The van der Waals surface area contributed by atoms with Crippen molar-refractivity contribution in [2.75, 3.05) is 13.6 Å². The normalized spacial score (nSPS) is 15.1. The van der Waals surface area contributed by atoms with Gasteiger partial charge in [-0.15, -0.1) is 0 Å². The lowest BCUT2D eigenvalue weighted by atomic mass is 9.85. The summed E-state index contributed by atoms with van der Waals surface area (Å²) in [7, 11) is 1.98. The molecule has 104 valence electrons. The summed E-state index contributed by atoms with van der Waals surface area (Å²) >= 11 is 0. The van der Waals surface area contributed by atoms with E-state index < -0.39 is 0 Å². The number of nitrogens with zero attached hydrogens (tertiary/aromatic N) is 1. The molecule has 0 saturated heterocycles. The second kappa shape index (κ2) is 5.72. The van der Waals surface area contributed by atoms with Crippen LogP contribution < -0.4 is 11.1 Å². The third kappa shape index (κ3) is 2.96. The SMILES string of the molecule is CNCC(C(C)C)C(N)c1ccc2nc(C)[nH]c2c1. The number of fused-ring (bicyclic) bond motifs is 1. The van der Waals surface area contributed by atoms with E-state index in [1.165, 1.54) is 5.56 Å². The summed E-state index contributed by atoms with van der Waals surface area (Å²) in [5.74, 6) is 1.91. The summed E-state index contributed by atoms with van der Waals surface area (Å²) in [6, 6.07) is 6.31. The van der Waals surface area contributed by atoms with Gasteiger partial charge in [0, 0.05) is 6.04 Å². The molecule has 4 heteroatoms. The molecule has 1 heterocycles. The molecule has 0 aliphatic carbocycles. The molecule has 2 unspecified atom stereocenters. The lowest BCUT2D eigenvalue weighted by Crippen LogP contribution is -2.33. The Morgan fingerprint density at radius 1 is 1.37 bits per heavy atom. The van der Waals surface area contributed by atoms with Crippen molar-refractivity contribution in [3.05, 3.63) is 29.6 Å². The molecule has 19 heavy (non-hydrogen) atoms. The van der Waals surface area contributed by atoms with Gasteiger partial charge in [-0.3, -0.25) is 0 Å². The summed E-state index contributed by atoms with van der Waals surface area (Å²) in [4.78, 5) is 7.69. The van der Waals surface area contributed by atoms with Crippen molar-refractivity contribution < 1.29 is 0 Å². The van der Waals surface area contributed by atoms with Crippen LogP contribution >= 0.6 is 0 Å². The fourth-order valence-electron chi connectivity index (χ4n) is 2.62. The highest BCUT2D eigenvalue weighted by Crippen LogP contribution is 2.27. The molecule has 2 rings (SSSR count). The summed E-state index contributed by atoms with van der Waals surface area (Å²) in [5, 5.41) is 3.24. The molecule has 0 bridgehead atoms. The Hall–Kier alpha value is -1.39. The average Bonchev–Trinajstić information content (AvgIpc) is 2.73. The van der Waals surface area contributed by atoms with Crippen molar-refractivity contribution >= 4 is 11.0 Å². The first kappa shape index (κ1) is 14.0. The second-order valence-corrected chi connectivity index (χ2v) is 5.59. The Labute approximate surface area is 114 Å². The maximum atomic E-state index is 6.45. The lowest BCUT2D eigenvalue weighted by molar-refractivity contribution is 0.314. The van der Waals surface area contributed by atoms with E-state index in [1.54, 1.807) is 0 Å². The minimum absolute atomic E-state index is 0.0421. The van der Waals surface area contributed by atoms with Gasteiger partial charge in [0.15, 0.2) is 0 Å². The van der Waals surface area contributed by atoms with E-state index in [0.717, 1.165) is 23.4 Å². The molecule has 0 fully saturated rings. The van der Waals surface area contributed by atoms with Gasteiger partial charge in [-0.25, -0.2) is 4.98 Å². The molecule has 0 radical (unpaired) electrons. The zero-order valence-corrected chi connectivity index (χ0v) is 12.2. The van der Waals surface area contributed by atoms with Crippen LogP contribution in [-0.2, 0) is 0 Å². The Morgan fingerprint density at radius 3 is 2.74 bits per heavy atom. The number of hydrogen-bond acceptors (Lipinski definition) is 3. The highest BCUT2D eigenvalue weighted by atomic mass is 14.9. The van der Waals surface area contributed by atoms with Gasteiger partial charge < -0.3 is 16.0 Å². The number of imidazole rings is 1. The Morgan fingerprint density at radius 2 is 2.11 bits per heavy atom. The average molecular weight is 260 g/mol. The highest BCUT2D eigenvalue weighted by molar-refractivity contribution is 5.76. The van der Waals surface area contributed by atoms with Crippen LogP contribution in [0.25, 0.3) is 11.0 Å². The lowest BCUT2D eigenvalue weighted by Gasteiger charge is -2.27. The van der Waals surface area contributed by atoms with Crippen molar-refractivity contribution in [3.63, 3.8) is 0 Å². The fourth-order valence-corrected chi connectivity index (χ4v) is 2.62. The van der Waals surface area contributed by atoms with Crippen LogP contribution in [0.1, 0.15) is 31.3 Å². The number of aryl methyl sites for hydroxylation is 1. The Bertz CT molecular complexity index is 544. The molecule has 2 aromatic rings. The highest BCUT2D eigenvalue weighted by Gasteiger charge is 2.22. The number of aromatic amines is 1. The number of benzene rings is 1. The standard InChI is InChI=1S/C15H24N4/c1-9(2)12(8-17-4)15(16)11-5-6-13-14(7-11)19-10(3)18-13/h5-7,9,12,15,17H,8,16H2,1-4H3,(H,18,19). The van der Waals surface area contributed by atoms with E-state index in [0.29, 0.717) is 11.8 Å². The summed E-state index contributed by atoms with van der Waals surface area (Å²) in [6.45, 7) is 7.35. The van der Waals surface area contributed by atoms with E-state index in [2.05, 4.69) is 41.3 Å². The van der Waals surface area contributed by atoms with Gasteiger partial charge in [0.2, 0.25) is 0 Å². The topological polar surface area (TPSA) is 66.7 Å². The van der Waals surface area contributed by atoms with Crippen molar-refractivity contribution in [1.82, 2.24) is 15.3 Å². The van der Waals surface area contributed by atoms with E-state index in [-0.39, 0.29) is 6.04 Å². The van der Waals surface area contributed by atoms with E-state index >= 15 is 0 Å². The largest absolute Gasteiger partial charge is 0.342 e. The van der Waals surface area contributed by atoms with Crippen molar-refractivity contribution in [2.24, 2.45) is 17.6 Å². The number of aromatic nitrogens is 2. The number of H-pyrrole nitrogens is 1. The van der Waals surface area contributed by atoms with Crippen LogP contribution in [0.15, 0.2) is 18.2 Å². The summed E-state index contributed by atoms with van der Waals surface area (Å²) in [6.07, 6.45) is 0. The molecule has 0 spiro atoms. The van der Waals surface area contributed by atoms with Gasteiger partial charge in [0.25, 0.3) is 0 Å². The predicted molar refractivity (Wildman–Crippen MR) is 80.0 cm³/mol. The molecular weight excluding hydrogens is 236 g/mol. The van der Waals surface area contributed by atoms with E-state index in [1.807, 2.05) is 20.0 Å². The number of rotatable bonds is 5. The Kier molecular flexibility index (Phi) is 4.22. The molecular formula is C15H24N4. The first-order chi connectivity index (χ1) is 9.02. The molecule has 4 nitrogen and oxygen atoms in total. The molecule has 0 aliphatic heterocycles. The first-order valence-electron chi connectivity index (χ1n) is 6.89. The zero-order chi connectivity index (χ0) is 14.0. The number of nitrogens with one attached hydrogen (secondary N) is 2. The zero-order valence-electron chi connectivity index (χ0n) is 12.2. The van der Waals surface area contributed by atoms with Gasteiger partial charge in [-0.1, -0.05) is 19.9 Å². The minimum Gasteiger partial charge on any atom is -0.342 e. The second-order valence-electron chi connectivity index (χ2n) is 5.59. The van der Waals surface area contributed by atoms with Crippen LogP contribution in [0.4, 0.5) is 0 Å². The third-order valence-electron chi connectivity index (χ3n) is 3.77. The molecule has 1 aromatic carbocycles. The van der Waals surface area contributed by atoms with Crippen molar-refractivity contribution in [2.45, 2.75) is 26.8 Å². The van der Waals surface area contributed by atoms with E-state index in [4.69, 9.17) is 5.73 Å². The monoisotopic (exact) mass is 260 g/mol. The molecule has 0 amide bonds. The maximum Gasteiger partial charge on any atom is 0.104 e. The van der Waals surface area contributed by atoms with Gasteiger partial charge >= 0.3 is 0 Å². The molecule has 1 aromatic heterocycles. The van der Waals surface area contributed by atoms with Gasteiger partial charge in [-0.05, 0) is 50.0 Å². The van der Waals surface area contributed by atoms with Crippen molar-refractivity contribution in [1.29, 1.82) is 0 Å². The van der Waals surface area contributed by atoms with Crippen LogP contribution in [0.2, 0.25) is 0 Å². The predicted octanol–water partition coefficient (Wildman–Crippen LogP) is 2.36. The minimum atomic E-state index is 0.0421. The van der Waals surface area contributed by atoms with Crippen LogP contribution in [-0.4, -0.2) is 23.6 Å². The van der Waals surface area contributed by atoms with Gasteiger partial charge in [-0.2, -0.15) is 0 Å². The molecule has 4 N–H and O–H groups in total. The smallest absolute Gasteiger partial charge is 0.104 e.